The standard InChI is InChI=1S/C20H28N2O2S2/c1-5-18-10-11-19(25-18)26(23,24)22-14-12-21(13-15-22)17-8-6-16(7-9-17)20(2,3)4/h6-11H,5,12-15H2,1-4H3. The predicted molar refractivity (Wildman–Crippen MR) is 110 cm³/mol. The summed E-state index contributed by atoms with van der Waals surface area (Å²) in [7, 11) is -3.36. The van der Waals surface area contributed by atoms with Crippen LogP contribution in [0.3, 0.4) is 0 Å². The van der Waals surface area contributed by atoms with E-state index in [0.717, 1.165) is 24.4 Å². The SMILES string of the molecule is CCc1ccc(S(=O)(=O)N2CCN(c3ccc(C(C)(C)C)cc3)CC2)s1. The number of thiophene rings is 1. The Balaban J connectivity index is 1.67. The Kier molecular flexibility index (Phi) is 5.47. The van der Waals surface area contributed by atoms with Gasteiger partial charge in [0, 0.05) is 36.7 Å². The van der Waals surface area contributed by atoms with E-state index >= 15 is 0 Å². The molecule has 0 saturated carbocycles. The molecule has 0 amide bonds. The Morgan fingerprint density at radius 2 is 1.58 bits per heavy atom. The highest BCUT2D eigenvalue weighted by Gasteiger charge is 2.29. The maximum Gasteiger partial charge on any atom is 0.252 e. The Bertz CT molecular complexity index is 841. The second-order valence-corrected chi connectivity index (χ2v) is 11.1. The fraction of sp³-hybridized carbons (Fsp3) is 0.500. The van der Waals surface area contributed by atoms with Gasteiger partial charge in [-0.25, -0.2) is 8.42 Å². The molecule has 1 aliphatic rings. The van der Waals surface area contributed by atoms with Crippen LogP contribution in [0.4, 0.5) is 5.69 Å². The summed E-state index contributed by atoms with van der Waals surface area (Å²) in [5, 5.41) is 0. The van der Waals surface area contributed by atoms with Gasteiger partial charge < -0.3 is 4.90 Å². The van der Waals surface area contributed by atoms with Crippen LogP contribution in [0.2, 0.25) is 0 Å². The van der Waals surface area contributed by atoms with E-state index in [0.29, 0.717) is 17.3 Å². The van der Waals surface area contributed by atoms with E-state index in [1.807, 2.05) is 13.0 Å². The first-order valence-electron chi connectivity index (χ1n) is 9.16. The van der Waals surface area contributed by atoms with Crippen molar-refractivity contribution in [2.75, 3.05) is 31.1 Å². The van der Waals surface area contributed by atoms with Crippen LogP contribution in [-0.4, -0.2) is 38.9 Å². The fourth-order valence-corrected chi connectivity index (χ4v) is 6.05. The molecule has 1 aliphatic heterocycles. The summed E-state index contributed by atoms with van der Waals surface area (Å²) in [6.45, 7) is 11.2. The van der Waals surface area contributed by atoms with Crippen LogP contribution in [0.25, 0.3) is 0 Å². The van der Waals surface area contributed by atoms with Crippen molar-refractivity contribution in [3.05, 3.63) is 46.8 Å². The average Bonchev–Trinajstić information content (AvgIpc) is 3.11. The van der Waals surface area contributed by atoms with Crippen molar-refractivity contribution < 1.29 is 8.42 Å². The highest BCUT2D eigenvalue weighted by atomic mass is 32.2. The van der Waals surface area contributed by atoms with Gasteiger partial charge in [0.25, 0.3) is 10.0 Å². The maximum atomic E-state index is 12.8. The number of nitrogens with zero attached hydrogens (tertiary/aromatic N) is 2. The van der Waals surface area contributed by atoms with E-state index in [1.165, 1.54) is 22.6 Å². The van der Waals surface area contributed by atoms with Crippen LogP contribution in [-0.2, 0) is 21.9 Å². The maximum absolute atomic E-state index is 12.8. The van der Waals surface area contributed by atoms with E-state index in [4.69, 9.17) is 0 Å². The third kappa shape index (κ3) is 3.97. The predicted octanol–water partition coefficient (Wildman–Crippen LogP) is 4.12. The molecule has 1 fully saturated rings. The van der Waals surface area contributed by atoms with E-state index < -0.39 is 10.0 Å². The molecule has 0 spiro atoms. The van der Waals surface area contributed by atoms with Gasteiger partial charge in [-0.2, -0.15) is 4.31 Å². The first-order valence-corrected chi connectivity index (χ1v) is 11.4. The van der Waals surface area contributed by atoms with Gasteiger partial charge in [-0.1, -0.05) is 39.8 Å². The summed E-state index contributed by atoms with van der Waals surface area (Å²) in [5.41, 5.74) is 2.62. The van der Waals surface area contributed by atoms with Crippen LogP contribution < -0.4 is 4.90 Å². The minimum Gasteiger partial charge on any atom is -0.369 e. The minimum atomic E-state index is -3.36. The summed E-state index contributed by atoms with van der Waals surface area (Å²) in [4.78, 5) is 3.38. The Morgan fingerprint density at radius 3 is 2.08 bits per heavy atom. The molecule has 6 heteroatoms. The number of hydrogen-bond acceptors (Lipinski definition) is 4. The van der Waals surface area contributed by atoms with Crippen LogP contribution in [0, 0.1) is 0 Å². The van der Waals surface area contributed by atoms with Crippen molar-refractivity contribution in [2.24, 2.45) is 0 Å². The van der Waals surface area contributed by atoms with E-state index in [-0.39, 0.29) is 5.41 Å². The molecule has 0 radical (unpaired) electrons. The summed E-state index contributed by atoms with van der Waals surface area (Å²) >= 11 is 1.39. The normalized spacial score (nSPS) is 16.8. The summed E-state index contributed by atoms with van der Waals surface area (Å²) in [6, 6.07) is 12.3. The molecule has 3 rings (SSSR count). The molecule has 0 atom stereocenters. The van der Waals surface area contributed by atoms with Crippen LogP contribution in [0.1, 0.15) is 38.1 Å². The van der Waals surface area contributed by atoms with Crippen LogP contribution >= 0.6 is 11.3 Å². The van der Waals surface area contributed by atoms with Gasteiger partial charge >= 0.3 is 0 Å². The Hall–Kier alpha value is -1.37. The van der Waals surface area contributed by atoms with Gasteiger partial charge in [-0.3, -0.25) is 0 Å². The van der Waals surface area contributed by atoms with E-state index in [2.05, 4.69) is 49.9 Å². The van der Waals surface area contributed by atoms with Crippen molar-refractivity contribution in [3.63, 3.8) is 0 Å². The molecule has 4 nitrogen and oxygen atoms in total. The van der Waals surface area contributed by atoms with Gasteiger partial charge in [0.15, 0.2) is 0 Å². The molecule has 0 bridgehead atoms. The zero-order valence-electron chi connectivity index (χ0n) is 16.0. The fourth-order valence-electron chi connectivity index (χ4n) is 3.17. The molecule has 0 unspecified atom stereocenters. The molecule has 0 N–H and O–H groups in total. The molecule has 1 aromatic carbocycles. The molecule has 142 valence electrons. The van der Waals surface area contributed by atoms with E-state index in [1.54, 1.807) is 10.4 Å². The second kappa shape index (κ2) is 7.33. The van der Waals surface area contributed by atoms with Crippen LogP contribution in [0.15, 0.2) is 40.6 Å². The number of sulfonamides is 1. The molecule has 1 aromatic heterocycles. The first kappa shape index (κ1) is 19.4. The number of aryl methyl sites for hydroxylation is 1. The van der Waals surface area contributed by atoms with Crippen molar-refractivity contribution in [3.8, 4) is 0 Å². The van der Waals surface area contributed by atoms with Gasteiger partial charge in [0.05, 0.1) is 0 Å². The number of benzene rings is 1. The van der Waals surface area contributed by atoms with Gasteiger partial charge in [0.2, 0.25) is 0 Å². The number of piperazine rings is 1. The first-order chi connectivity index (χ1) is 12.2. The summed E-state index contributed by atoms with van der Waals surface area (Å²) in [5.74, 6) is 0. The van der Waals surface area contributed by atoms with Gasteiger partial charge in [-0.15, -0.1) is 11.3 Å². The van der Waals surface area contributed by atoms with Gasteiger partial charge in [-0.05, 0) is 41.7 Å². The second-order valence-electron chi connectivity index (χ2n) is 7.76. The van der Waals surface area contributed by atoms with Crippen molar-refractivity contribution >= 4 is 27.0 Å². The lowest BCUT2D eigenvalue weighted by molar-refractivity contribution is 0.386. The quantitative estimate of drug-likeness (QED) is 0.786. The summed E-state index contributed by atoms with van der Waals surface area (Å²) < 4.78 is 27.8. The molecule has 2 heterocycles. The highest BCUT2D eigenvalue weighted by Crippen LogP contribution is 2.28. The lowest BCUT2D eigenvalue weighted by Gasteiger charge is -2.35. The lowest BCUT2D eigenvalue weighted by Crippen LogP contribution is -2.48. The smallest absolute Gasteiger partial charge is 0.252 e. The zero-order chi connectivity index (χ0) is 18.9. The third-order valence-electron chi connectivity index (χ3n) is 4.92. The molecule has 2 aromatic rings. The minimum absolute atomic E-state index is 0.142. The highest BCUT2D eigenvalue weighted by molar-refractivity contribution is 7.91. The Labute approximate surface area is 161 Å². The molecular formula is C20H28N2O2S2. The largest absolute Gasteiger partial charge is 0.369 e. The Morgan fingerprint density at radius 1 is 0.962 bits per heavy atom. The molecule has 1 saturated heterocycles. The zero-order valence-corrected chi connectivity index (χ0v) is 17.7. The lowest BCUT2D eigenvalue weighted by atomic mass is 9.87. The van der Waals surface area contributed by atoms with Crippen molar-refractivity contribution in [2.45, 2.75) is 43.7 Å². The summed E-state index contributed by atoms with van der Waals surface area (Å²) in [6.07, 6.45) is 0.874. The average molecular weight is 393 g/mol. The molecule has 26 heavy (non-hydrogen) atoms. The van der Waals surface area contributed by atoms with Gasteiger partial charge in [0.1, 0.15) is 4.21 Å². The van der Waals surface area contributed by atoms with Crippen molar-refractivity contribution in [1.29, 1.82) is 0 Å². The van der Waals surface area contributed by atoms with E-state index in [9.17, 15) is 8.42 Å². The molecule has 0 aliphatic carbocycles. The monoisotopic (exact) mass is 392 g/mol. The number of hydrogen-bond donors (Lipinski definition) is 0. The number of anilines is 1. The van der Waals surface area contributed by atoms with Crippen LogP contribution in [0.5, 0.6) is 0 Å². The third-order valence-corrected chi connectivity index (χ3v) is 8.51. The molecular weight excluding hydrogens is 364 g/mol. The topological polar surface area (TPSA) is 40.6 Å². The van der Waals surface area contributed by atoms with Crippen molar-refractivity contribution in [1.82, 2.24) is 4.31 Å². The number of rotatable bonds is 4.